The van der Waals surface area contributed by atoms with Gasteiger partial charge in [0.1, 0.15) is 6.54 Å². The first kappa shape index (κ1) is 24.8. The fourth-order valence-corrected chi connectivity index (χ4v) is 5.12. The summed E-state index contributed by atoms with van der Waals surface area (Å²) in [5.74, 6) is -0.326. The molecule has 1 saturated heterocycles. The van der Waals surface area contributed by atoms with Crippen molar-refractivity contribution in [1.29, 1.82) is 0 Å². The van der Waals surface area contributed by atoms with Crippen molar-refractivity contribution in [2.24, 2.45) is 0 Å². The summed E-state index contributed by atoms with van der Waals surface area (Å²) in [6.07, 6.45) is 1.98. The molecule has 1 fully saturated rings. The number of carbonyl (C=O) groups is 3. The molecular weight excluding hydrogens is 466 g/mol. The normalized spacial score (nSPS) is 17.9. The number of anilines is 1. The molecular formula is C26H29N3O5S. The van der Waals surface area contributed by atoms with E-state index in [1.807, 2.05) is 53.8 Å². The minimum atomic E-state index is -0.425. The van der Waals surface area contributed by atoms with Crippen LogP contribution in [0.2, 0.25) is 0 Å². The quantitative estimate of drug-likeness (QED) is 0.396. The van der Waals surface area contributed by atoms with Gasteiger partial charge in [0.25, 0.3) is 0 Å². The predicted octanol–water partition coefficient (Wildman–Crippen LogP) is 3.79. The molecule has 2 atom stereocenters. The molecule has 2 heterocycles. The number of para-hydroxylation sites is 1. The number of hydrogen-bond donors (Lipinski definition) is 1. The standard InChI is InChI=1S/C26H29N3O5S/c1-17-12-29(13-18(2)34-17)25(31)15-28-14-23(21-6-4-5-7-22(21)28)35-16-24(30)27-20-10-8-19(9-11-20)26(32)33-3/h4-11,14,17-18H,12-13,15-16H2,1-3H3,(H,27,30)/t17-,18+. The van der Waals surface area contributed by atoms with Gasteiger partial charge < -0.3 is 24.3 Å². The monoisotopic (exact) mass is 495 g/mol. The first-order valence-electron chi connectivity index (χ1n) is 11.5. The van der Waals surface area contributed by atoms with Crippen LogP contribution >= 0.6 is 11.8 Å². The summed E-state index contributed by atoms with van der Waals surface area (Å²) in [6.45, 7) is 5.37. The minimum absolute atomic E-state index is 0.0189. The van der Waals surface area contributed by atoms with Crippen LogP contribution in [0.4, 0.5) is 5.69 Å². The highest BCUT2D eigenvalue weighted by molar-refractivity contribution is 8.00. The third kappa shape index (κ3) is 6.04. The van der Waals surface area contributed by atoms with Gasteiger partial charge in [0.15, 0.2) is 0 Å². The van der Waals surface area contributed by atoms with Gasteiger partial charge in [0.05, 0.1) is 30.6 Å². The number of carbonyl (C=O) groups excluding carboxylic acids is 3. The molecule has 0 spiro atoms. The van der Waals surface area contributed by atoms with Crippen LogP contribution in [0.25, 0.3) is 10.9 Å². The lowest BCUT2D eigenvalue weighted by atomic mass is 10.2. The van der Waals surface area contributed by atoms with Crippen LogP contribution in [-0.2, 0) is 25.6 Å². The van der Waals surface area contributed by atoms with E-state index in [1.54, 1.807) is 24.3 Å². The second kappa shape index (κ2) is 11.0. The Hall–Kier alpha value is -3.30. The third-order valence-corrected chi connectivity index (χ3v) is 6.82. The average molecular weight is 496 g/mol. The Morgan fingerprint density at radius 1 is 1.06 bits per heavy atom. The van der Waals surface area contributed by atoms with Crippen molar-refractivity contribution >= 4 is 46.1 Å². The molecule has 8 nitrogen and oxygen atoms in total. The number of methoxy groups -OCH3 is 1. The summed E-state index contributed by atoms with van der Waals surface area (Å²) in [7, 11) is 1.33. The molecule has 0 unspecified atom stereocenters. The first-order chi connectivity index (χ1) is 16.8. The van der Waals surface area contributed by atoms with Crippen LogP contribution in [-0.4, -0.2) is 65.4 Å². The number of amides is 2. The van der Waals surface area contributed by atoms with E-state index in [1.165, 1.54) is 18.9 Å². The Kier molecular flexibility index (Phi) is 7.77. The van der Waals surface area contributed by atoms with Crippen molar-refractivity contribution in [3.8, 4) is 0 Å². The molecule has 0 aliphatic carbocycles. The molecule has 2 aromatic carbocycles. The molecule has 35 heavy (non-hydrogen) atoms. The van der Waals surface area contributed by atoms with Gasteiger partial charge in [-0.1, -0.05) is 18.2 Å². The van der Waals surface area contributed by atoms with Crippen molar-refractivity contribution in [2.75, 3.05) is 31.3 Å². The van der Waals surface area contributed by atoms with Gasteiger partial charge in [-0.25, -0.2) is 4.79 Å². The lowest BCUT2D eigenvalue weighted by Crippen LogP contribution is -2.49. The first-order valence-corrected chi connectivity index (χ1v) is 12.4. The van der Waals surface area contributed by atoms with Gasteiger partial charge in [0.2, 0.25) is 11.8 Å². The molecule has 0 saturated carbocycles. The summed E-state index contributed by atoms with van der Waals surface area (Å²) in [5, 5.41) is 3.85. The van der Waals surface area contributed by atoms with Gasteiger partial charge in [-0.15, -0.1) is 11.8 Å². The van der Waals surface area contributed by atoms with Crippen LogP contribution in [0.3, 0.4) is 0 Å². The Bertz CT molecular complexity index is 1210. The van der Waals surface area contributed by atoms with Gasteiger partial charge >= 0.3 is 5.97 Å². The van der Waals surface area contributed by atoms with E-state index in [9.17, 15) is 14.4 Å². The lowest BCUT2D eigenvalue weighted by molar-refractivity contribution is -0.143. The van der Waals surface area contributed by atoms with E-state index >= 15 is 0 Å². The van der Waals surface area contributed by atoms with E-state index < -0.39 is 5.97 Å². The van der Waals surface area contributed by atoms with E-state index in [0.29, 0.717) is 24.3 Å². The smallest absolute Gasteiger partial charge is 0.337 e. The third-order valence-electron chi connectivity index (χ3n) is 5.78. The van der Waals surface area contributed by atoms with Gasteiger partial charge in [-0.05, 0) is 44.2 Å². The van der Waals surface area contributed by atoms with Crippen LogP contribution in [0.1, 0.15) is 24.2 Å². The number of thioether (sulfide) groups is 1. The number of hydrogen-bond acceptors (Lipinski definition) is 6. The van der Waals surface area contributed by atoms with Gasteiger partial charge in [0, 0.05) is 40.8 Å². The Labute approximate surface area is 208 Å². The van der Waals surface area contributed by atoms with E-state index in [2.05, 4.69) is 10.1 Å². The molecule has 1 aromatic heterocycles. The maximum atomic E-state index is 13.0. The molecule has 9 heteroatoms. The summed E-state index contributed by atoms with van der Waals surface area (Å²) in [4.78, 5) is 39.9. The highest BCUT2D eigenvalue weighted by Gasteiger charge is 2.26. The van der Waals surface area contributed by atoms with Crippen molar-refractivity contribution in [1.82, 2.24) is 9.47 Å². The summed E-state index contributed by atoms with van der Waals surface area (Å²) < 4.78 is 12.4. The second-order valence-electron chi connectivity index (χ2n) is 8.60. The van der Waals surface area contributed by atoms with Crippen LogP contribution < -0.4 is 5.32 Å². The molecule has 1 aliphatic rings. The Morgan fingerprint density at radius 3 is 2.43 bits per heavy atom. The number of nitrogens with one attached hydrogen (secondary N) is 1. The molecule has 3 aromatic rings. The molecule has 2 amide bonds. The molecule has 4 rings (SSSR count). The van der Waals surface area contributed by atoms with Crippen LogP contribution in [0.5, 0.6) is 0 Å². The zero-order chi connectivity index (χ0) is 24.9. The van der Waals surface area contributed by atoms with Crippen molar-refractivity contribution in [3.05, 3.63) is 60.3 Å². The maximum Gasteiger partial charge on any atom is 0.337 e. The number of fused-ring (bicyclic) bond motifs is 1. The average Bonchev–Trinajstić information content (AvgIpc) is 3.19. The number of ether oxygens (including phenoxy) is 2. The van der Waals surface area contributed by atoms with Crippen molar-refractivity contribution in [3.63, 3.8) is 0 Å². The van der Waals surface area contributed by atoms with E-state index in [-0.39, 0.29) is 36.3 Å². The summed E-state index contributed by atoms with van der Waals surface area (Å²) >= 11 is 1.42. The fourth-order valence-electron chi connectivity index (χ4n) is 4.23. The van der Waals surface area contributed by atoms with Crippen molar-refractivity contribution in [2.45, 2.75) is 37.5 Å². The Morgan fingerprint density at radius 2 is 1.74 bits per heavy atom. The van der Waals surface area contributed by atoms with E-state index in [0.717, 1.165) is 15.8 Å². The molecule has 0 radical (unpaired) electrons. The van der Waals surface area contributed by atoms with E-state index in [4.69, 9.17) is 4.74 Å². The topological polar surface area (TPSA) is 89.9 Å². The number of nitrogens with zero attached hydrogens (tertiary/aromatic N) is 2. The maximum absolute atomic E-state index is 13.0. The van der Waals surface area contributed by atoms with Crippen molar-refractivity contribution < 1.29 is 23.9 Å². The zero-order valence-corrected chi connectivity index (χ0v) is 20.8. The Balaban J connectivity index is 1.41. The largest absolute Gasteiger partial charge is 0.465 e. The molecule has 1 N–H and O–H groups in total. The van der Waals surface area contributed by atoms with Crippen LogP contribution in [0, 0.1) is 0 Å². The second-order valence-corrected chi connectivity index (χ2v) is 9.62. The highest BCUT2D eigenvalue weighted by Crippen LogP contribution is 2.30. The summed E-state index contributed by atoms with van der Waals surface area (Å²) in [6, 6.07) is 14.4. The number of rotatable bonds is 7. The minimum Gasteiger partial charge on any atom is -0.465 e. The number of morpholine rings is 1. The van der Waals surface area contributed by atoms with Gasteiger partial charge in [-0.3, -0.25) is 9.59 Å². The zero-order valence-electron chi connectivity index (χ0n) is 20.0. The number of esters is 1. The predicted molar refractivity (Wildman–Crippen MR) is 136 cm³/mol. The SMILES string of the molecule is COC(=O)c1ccc(NC(=O)CSc2cn(CC(=O)N3C[C@@H](C)O[C@@H](C)C3)c3ccccc23)cc1. The summed E-state index contributed by atoms with van der Waals surface area (Å²) in [5.41, 5.74) is 1.98. The molecule has 184 valence electrons. The molecule has 0 bridgehead atoms. The fraction of sp³-hybridized carbons (Fsp3) is 0.346. The van der Waals surface area contributed by atoms with Crippen LogP contribution in [0.15, 0.2) is 59.6 Å². The highest BCUT2D eigenvalue weighted by atomic mass is 32.2. The lowest BCUT2D eigenvalue weighted by Gasteiger charge is -2.35. The number of aromatic nitrogens is 1. The van der Waals surface area contributed by atoms with Gasteiger partial charge in [-0.2, -0.15) is 0 Å². The molecule has 1 aliphatic heterocycles. The number of benzene rings is 2.